The fraction of sp³-hybridized carbons (Fsp3) is 1.00. The van der Waals surface area contributed by atoms with Crippen molar-refractivity contribution < 1.29 is 0 Å². The van der Waals surface area contributed by atoms with Crippen LogP contribution in [0.25, 0.3) is 0 Å². The first-order valence-electron chi connectivity index (χ1n) is 6.53. The van der Waals surface area contributed by atoms with Gasteiger partial charge in [0.25, 0.3) is 0 Å². The number of nitrogens with one attached hydrogen (secondary N) is 1. The summed E-state index contributed by atoms with van der Waals surface area (Å²) < 4.78 is 0. The van der Waals surface area contributed by atoms with Crippen LogP contribution in [0.5, 0.6) is 0 Å². The van der Waals surface area contributed by atoms with Gasteiger partial charge in [0.05, 0.1) is 0 Å². The van der Waals surface area contributed by atoms with Crippen LogP contribution in [0.3, 0.4) is 0 Å². The first-order chi connectivity index (χ1) is 6.83. The monoisotopic (exact) mass is 197 g/mol. The minimum atomic E-state index is 1.00. The summed E-state index contributed by atoms with van der Waals surface area (Å²) >= 11 is 0. The fourth-order valence-electron chi connectivity index (χ4n) is 2.44. The molecule has 14 heavy (non-hydrogen) atoms. The van der Waals surface area contributed by atoms with Gasteiger partial charge in [-0.3, -0.25) is 0 Å². The van der Waals surface area contributed by atoms with Crippen molar-refractivity contribution in [3.05, 3.63) is 0 Å². The van der Waals surface area contributed by atoms with Gasteiger partial charge in [-0.2, -0.15) is 0 Å². The second-order valence-electron chi connectivity index (χ2n) is 5.02. The molecular weight excluding hydrogens is 170 g/mol. The van der Waals surface area contributed by atoms with Crippen LogP contribution < -0.4 is 5.32 Å². The first kappa shape index (κ1) is 12.0. The van der Waals surface area contributed by atoms with E-state index in [-0.39, 0.29) is 0 Å². The van der Waals surface area contributed by atoms with E-state index in [1.165, 1.54) is 58.0 Å². The molecule has 0 aromatic heterocycles. The molecule has 0 aromatic rings. The molecule has 1 nitrogen and oxygen atoms in total. The minimum absolute atomic E-state index is 1.00. The average molecular weight is 197 g/mol. The Balaban J connectivity index is 1.91. The standard InChI is InChI=1S/C13H27N/c1-3-10-14-11-4-5-13-8-6-12(2)7-9-13/h12-14H,3-11H2,1-2H3. The molecule has 1 rings (SSSR count). The van der Waals surface area contributed by atoms with Crippen molar-refractivity contribution in [3.8, 4) is 0 Å². The minimum Gasteiger partial charge on any atom is -0.317 e. The summed E-state index contributed by atoms with van der Waals surface area (Å²) in [5.41, 5.74) is 0. The van der Waals surface area contributed by atoms with Gasteiger partial charge in [0.1, 0.15) is 0 Å². The Morgan fingerprint density at radius 2 is 1.79 bits per heavy atom. The molecule has 1 aliphatic rings. The molecule has 0 aliphatic heterocycles. The van der Waals surface area contributed by atoms with E-state index in [0.29, 0.717) is 0 Å². The zero-order chi connectivity index (χ0) is 10.2. The highest BCUT2D eigenvalue weighted by molar-refractivity contribution is 4.70. The molecule has 84 valence electrons. The number of hydrogen-bond acceptors (Lipinski definition) is 1. The summed E-state index contributed by atoms with van der Waals surface area (Å²) in [5.74, 6) is 2.05. The molecular formula is C13H27N. The molecule has 1 aliphatic carbocycles. The summed E-state index contributed by atoms with van der Waals surface area (Å²) in [6.07, 6.45) is 10.1. The van der Waals surface area contributed by atoms with E-state index < -0.39 is 0 Å². The third-order valence-corrected chi connectivity index (χ3v) is 3.53. The largest absolute Gasteiger partial charge is 0.317 e. The van der Waals surface area contributed by atoms with Crippen molar-refractivity contribution in [3.63, 3.8) is 0 Å². The van der Waals surface area contributed by atoms with Gasteiger partial charge in [0.15, 0.2) is 0 Å². The Morgan fingerprint density at radius 1 is 1.07 bits per heavy atom. The molecule has 1 N–H and O–H groups in total. The normalized spacial score (nSPS) is 27.9. The van der Waals surface area contributed by atoms with Gasteiger partial charge < -0.3 is 5.32 Å². The molecule has 0 radical (unpaired) electrons. The van der Waals surface area contributed by atoms with E-state index >= 15 is 0 Å². The van der Waals surface area contributed by atoms with E-state index in [4.69, 9.17) is 0 Å². The third kappa shape index (κ3) is 4.99. The van der Waals surface area contributed by atoms with Crippen LogP contribution in [0.1, 0.15) is 58.8 Å². The van der Waals surface area contributed by atoms with Crippen molar-refractivity contribution in [2.24, 2.45) is 11.8 Å². The lowest BCUT2D eigenvalue weighted by molar-refractivity contribution is 0.273. The molecule has 1 saturated carbocycles. The lowest BCUT2D eigenvalue weighted by atomic mass is 9.81. The second-order valence-corrected chi connectivity index (χ2v) is 5.02. The van der Waals surface area contributed by atoms with Gasteiger partial charge in [0, 0.05) is 0 Å². The Morgan fingerprint density at radius 3 is 2.43 bits per heavy atom. The van der Waals surface area contributed by atoms with Crippen molar-refractivity contribution in [1.29, 1.82) is 0 Å². The van der Waals surface area contributed by atoms with E-state index in [9.17, 15) is 0 Å². The Bertz CT molecular complexity index is 125. The summed E-state index contributed by atoms with van der Waals surface area (Å²) in [7, 11) is 0. The topological polar surface area (TPSA) is 12.0 Å². The quantitative estimate of drug-likeness (QED) is 0.642. The second kappa shape index (κ2) is 7.28. The maximum absolute atomic E-state index is 3.48. The summed E-state index contributed by atoms with van der Waals surface area (Å²) in [4.78, 5) is 0. The molecule has 0 spiro atoms. The van der Waals surface area contributed by atoms with E-state index in [1.807, 2.05) is 0 Å². The zero-order valence-corrected chi connectivity index (χ0v) is 10.0. The van der Waals surface area contributed by atoms with Gasteiger partial charge >= 0.3 is 0 Å². The van der Waals surface area contributed by atoms with Crippen molar-refractivity contribution in [1.82, 2.24) is 5.32 Å². The van der Waals surface area contributed by atoms with Crippen LogP contribution in [-0.2, 0) is 0 Å². The molecule has 1 fully saturated rings. The van der Waals surface area contributed by atoms with Gasteiger partial charge in [-0.15, -0.1) is 0 Å². The third-order valence-electron chi connectivity index (χ3n) is 3.53. The van der Waals surface area contributed by atoms with Crippen LogP contribution in [-0.4, -0.2) is 13.1 Å². The van der Waals surface area contributed by atoms with E-state index in [2.05, 4.69) is 19.2 Å². The molecule has 0 bridgehead atoms. The van der Waals surface area contributed by atoms with Crippen molar-refractivity contribution >= 4 is 0 Å². The molecule has 0 saturated heterocycles. The van der Waals surface area contributed by atoms with Crippen LogP contribution in [0.15, 0.2) is 0 Å². The molecule has 0 amide bonds. The van der Waals surface area contributed by atoms with Gasteiger partial charge in [-0.1, -0.05) is 39.5 Å². The Kier molecular flexibility index (Phi) is 6.25. The van der Waals surface area contributed by atoms with Gasteiger partial charge in [-0.05, 0) is 44.2 Å². The molecule has 1 heteroatoms. The maximum atomic E-state index is 3.48. The molecule has 0 aromatic carbocycles. The van der Waals surface area contributed by atoms with Gasteiger partial charge in [0.2, 0.25) is 0 Å². The lowest BCUT2D eigenvalue weighted by Crippen LogP contribution is -2.18. The maximum Gasteiger partial charge on any atom is -0.00488 e. The van der Waals surface area contributed by atoms with Crippen molar-refractivity contribution in [2.45, 2.75) is 58.8 Å². The first-order valence-corrected chi connectivity index (χ1v) is 6.53. The number of rotatable bonds is 6. The highest BCUT2D eigenvalue weighted by Crippen LogP contribution is 2.30. The highest BCUT2D eigenvalue weighted by Gasteiger charge is 2.17. The molecule has 0 heterocycles. The van der Waals surface area contributed by atoms with Crippen LogP contribution in [0.4, 0.5) is 0 Å². The Labute approximate surface area is 89.7 Å². The fourth-order valence-corrected chi connectivity index (χ4v) is 2.44. The number of hydrogen-bond donors (Lipinski definition) is 1. The Hall–Kier alpha value is -0.0400. The predicted octanol–water partition coefficient (Wildman–Crippen LogP) is 3.59. The van der Waals surface area contributed by atoms with Crippen LogP contribution >= 0.6 is 0 Å². The summed E-state index contributed by atoms with van der Waals surface area (Å²) in [6, 6.07) is 0. The zero-order valence-electron chi connectivity index (χ0n) is 10.0. The lowest BCUT2D eigenvalue weighted by Gasteiger charge is -2.26. The predicted molar refractivity (Wildman–Crippen MR) is 63.5 cm³/mol. The van der Waals surface area contributed by atoms with Crippen molar-refractivity contribution in [2.75, 3.05) is 13.1 Å². The summed E-state index contributed by atoms with van der Waals surface area (Å²) in [6.45, 7) is 7.07. The SMILES string of the molecule is CCCNCCCC1CCC(C)CC1. The molecule has 0 unspecified atom stereocenters. The van der Waals surface area contributed by atoms with Crippen LogP contribution in [0, 0.1) is 11.8 Å². The summed E-state index contributed by atoms with van der Waals surface area (Å²) in [5, 5.41) is 3.48. The molecule has 0 atom stereocenters. The van der Waals surface area contributed by atoms with Gasteiger partial charge in [-0.25, -0.2) is 0 Å². The highest BCUT2D eigenvalue weighted by atomic mass is 14.8. The van der Waals surface area contributed by atoms with Crippen LogP contribution in [0.2, 0.25) is 0 Å². The van der Waals surface area contributed by atoms with E-state index in [1.54, 1.807) is 0 Å². The average Bonchev–Trinajstić information content (AvgIpc) is 2.21. The van der Waals surface area contributed by atoms with E-state index in [0.717, 1.165) is 11.8 Å². The smallest absolute Gasteiger partial charge is 0.00488 e.